The highest BCUT2D eigenvalue weighted by Gasteiger charge is 2.30. The van der Waals surface area contributed by atoms with Gasteiger partial charge in [-0.25, -0.2) is 0 Å². The van der Waals surface area contributed by atoms with Crippen molar-refractivity contribution in [2.75, 3.05) is 18.9 Å². The Bertz CT molecular complexity index is 912. The smallest absolute Gasteiger partial charge is 0.280 e. The van der Waals surface area contributed by atoms with Crippen molar-refractivity contribution in [2.45, 2.75) is 64.3 Å². The third-order valence-corrected chi connectivity index (χ3v) is 7.74. The number of likely N-dealkylation sites (N-methyl/N-ethyl adjacent to an activating group) is 1. The number of amides is 1. The second-order valence-electron chi connectivity index (χ2n) is 8.61. The second kappa shape index (κ2) is 8.80. The monoisotopic (exact) mass is 411 g/mol. The fourth-order valence-electron chi connectivity index (χ4n) is 4.86. The van der Waals surface area contributed by atoms with E-state index < -0.39 is 0 Å². The van der Waals surface area contributed by atoms with Crippen LogP contribution < -0.4 is 10.2 Å². The summed E-state index contributed by atoms with van der Waals surface area (Å²) >= 11 is 1.61. The lowest BCUT2D eigenvalue weighted by Crippen LogP contribution is -3.14. The Morgan fingerprint density at radius 3 is 2.62 bits per heavy atom. The Balaban J connectivity index is 1.54. The molecule has 1 unspecified atom stereocenters. The van der Waals surface area contributed by atoms with E-state index >= 15 is 0 Å². The van der Waals surface area contributed by atoms with Gasteiger partial charge in [0.15, 0.2) is 12.3 Å². The highest BCUT2D eigenvalue weighted by molar-refractivity contribution is 7.17. The van der Waals surface area contributed by atoms with Crippen LogP contribution in [0.3, 0.4) is 0 Å². The number of ketones is 1. The van der Waals surface area contributed by atoms with Crippen LogP contribution in [-0.4, -0.2) is 31.3 Å². The van der Waals surface area contributed by atoms with Crippen LogP contribution >= 0.6 is 11.3 Å². The SMILES string of the molecule is Cc1ccccc1C(=O)c1c(NC(=O)C[NH+](C)C2CCCCC2)sc2c1CCC2. The molecule has 4 nitrogen and oxygen atoms in total. The Morgan fingerprint density at radius 2 is 1.86 bits per heavy atom. The molecule has 0 spiro atoms. The van der Waals surface area contributed by atoms with Crippen LogP contribution in [0.2, 0.25) is 0 Å². The molecule has 2 aromatic rings. The second-order valence-corrected chi connectivity index (χ2v) is 9.72. The molecule has 1 aromatic carbocycles. The van der Waals surface area contributed by atoms with Gasteiger partial charge in [0.05, 0.1) is 18.7 Å². The van der Waals surface area contributed by atoms with Crippen molar-refractivity contribution in [1.29, 1.82) is 0 Å². The number of fused-ring (bicyclic) bond motifs is 1. The van der Waals surface area contributed by atoms with Gasteiger partial charge >= 0.3 is 0 Å². The van der Waals surface area contributed by atoms with Gasteiger partial charge in [-0.05, 0) is 63.0 Å². The first-order chi connectivity index (χ1) is 14.0. The highest BCUT2D eigenvalue weighted by Crippen LogP contribution is 2.40. The Hall–Kier alpha value is -1.98. The Morgan fingerprint density at radius 1 is 1.10 bits per heavy atom. The summed E-state index contributed by atoms with van der Waals surface area (Å²) in [5.74, 6) is 0.0672. The van der Waals surface area contributed by atoms with E-state index in [1.54, 1.807) is 11.3 Å². The van der Waals surface area contributed by atoms with Crippen molar-refractivity contribution >= 4 is 28.0 Å². The fourth-order valence-corrected chi connectivity index (χ4v) is 6.16. The number of hydrogen-bond acceptors (Lipinski definition) is 3. The lowest BCUT2D eigenvalue weighted by molar-refractivity contribution is -0.899. The van der Waals surface area contributed by atoms with Gasteiger partial charge in [-0.1, -0.05) is 30.7 Å². The first-order valence-electron chi connectivity index (χ1n) is 10.9. The van der Waals surface area contributed by atoms with Crippen LogP contribution in [0, 0.1) is 6.92 Å². The number of rotatable bonds is 6. The topological polar surface area (TPSA) is 50.6 Å². The predicted molar refractivity (Wildman–Crippen MR) is 118 cm³/mol. The molecule has 0 aliphatic heterocycles. The maximum atomic E-state index is 13.4. The highest BCUT2D eigenvalue weighted by atomic mass is 32.1. The lowest BCUT2D eigenvalue weighted by Gasteiger charge is -2.27. The summed E-state index contributed by atoms with van der Waals surface area (Å²) in [5, 5.41) is 3.87. The van der Waals surface area contributed by atoms with E-state index in [2.05, 4.69) is 12.4 Å². The zero-order valence-corrected chi connectivity index (χ0v) is 18.3. The molecule has 2 N–H and O–H groups in total. The number of nitrogens with one attached hydrogen (secondary N) is 2. The lowest BCUT2D eigenvalue weighted by atomic mass is 9.94. The van der Waals surface area contributed by atoms with Crippen molar-refractivity contribution in [2.24, 2.45) is 0 Å². The molecule has 2 aliphatic carbocycles. The molecule has 5 heteroatoms. The first-order valence-corrected chi connectivity index (χ1v) is 11.7. The average Bonchev–Trinajstić information content (AvgIpc) is 3.29. The molecule has 0 bridgehead atoms. The molecule has 2 aliphatic rings. The summed E-state index contributed by atoms with van der Waals surface area (Å²) in [6, 6.07) is 8.31. The van der Waals surface area contributed by atoms with E-state index in [0.717, 1.165) is 46.5 Å². The normalized spacial score (nSPS) is 17.7. The quantitative estimate of drug-likeness (QED) is 0.714. The molecule has 0 radical (unpaired) electrons. The summed E-state index contributed by atoms with van der Waals surface area (Å²) in [6.45, 7) is 2.44. The number of hydrogen-bond donors (Lipinski definition) is 2. The summed E-state index contributed by atoms with van der Waals surface area (Å²) in [7, 11) is 2.13. The largest absolute Gasteiger partial charge is 0.327 e. The number of anilines is 1. The molecule has 1 atom stereocenters. The van der Waals surface area contributed by atoms with E-state index in [0.29, 0.717) is 12.6 Å². The molecular weight excluding hydrogens is 380 g/mol. The third-order valence-electron chi connectivity index (χ3n) is 6.53. The van der Waals surface area contributed by atoms with Crippen molar-refractivity contribution in [3.8, 4) is 0 Å². The van der Waals surface area contributed by atoms with Crippen LogP contribution in [0.1, 0.15) is 70.5 Å². The van der Waals surface area contributed by atoms with Gasteiger partial charge in [0.25, 0.3) is 5.91 Å². The van der Waals surface area contributed by atoms with Crippen LogP contribution in [0.5, 0.6) is 0 Å². The van der Waals surface area contributed by atoms with Gasteiger partial charge in [-0.15, -0.1) is 11.3 Å². The minimum absolute atomic E-state index is 0.0202. The van der Waals surface area contributed by atoms with E-state index in [4.69, 9.17) is 0 Å². The van der Waals surface area contributed by atoms with Gasteiger partial charge in [0.1, 0.15) is 5.00 Å². The third kappa shape index (κ3) is 4.31. The standard InChI is InChI=1S/C24H30N2O2S/c1-16-9-6-7-12-18(16)23(28)22-19-13-8-14-20(19)29-24(22)25-21(27)15-26(2)17-10-4-3-5-11-17/h6-7,9,12,17H,3-5,8,10-11,13-15H2,1-2H3,(H,25,27)/p+1. The van der Waals surface area contributed by atoms with E-state index in [9.17, 15) is 9.59 Å². The van der Waals surface area contributed by atoms with Crippen LogP contribution in [0.15, 0.2) is 24.3 Å². The molecule has 154 valence electrons. The van der Waals surface area contributed by atoms with Crippen LogP contribution in [-0.2, 0) is 17.6 Å². The molecule has 29 heavy (non-hydrogen) atoms. The molecule has 0 saturated heterocycles. The Kier molecular flexibility index (Phi) is 6.16. The van der Waals surface area contributed by atoms with Crippen molar-refractivity contribution in [1.82, 2.24) is 0 Å². The molecular formula is C24H31N2O2S+. The van der Waals surface area contributed by atoms with Crippen molar-refractivity contribution in [3.05, 3.63) is 51.4 Å². The minimum atomic E-state index is 0.0202. The van der Waals surface area contributed by atoms with Gasteiger partial charge in [-0.2, -0.15) is 0 Å². The van der Waals surface area contributed by atoms with E-state index in [-0.39, 0.29) is 11.7 Å². The molecule has 1 aromatic heterocycles. The maximum Gasteiger partial charge on any atom is 0.280 e. The number of quaternary nitrogens is 1. The van der Waals surface area contributed by atoms with Gasteiger partial charge in [-0.3, -0.25) is 9.59 Å². The van der Waals surface area contributed by atoms with E-state index in [1.807, 2.05) is 31.2 Å². The van der Waals surface area contributed by atoms with Crippen molar-refractivity contribution < 1.29 is 14.5 Å². The molecule has 1 heterocycles. The summed E-state index contributed by atoms with van der Waals surface area (Å²) in [6.07, 6.45) is 9.33. The minimum Gasteiger partial charge on any atom is -0.327 e. The van der Waals surface area contributed by atoms with Gasteiger partial charge in [0.2, 0.25) is 0 Å². The summed E-state index contributed by atoms with van der Waals surface area (Å²) in [4.78, 5) is 28.8. The zero-order valence-electron chi connectivity index (χ0n) is 17.5. The number of carbonyl (C=O) groups excluding carboxylic acids is 2. The molecule has 1 amide bonds. The molecule has 1 fully saturated rings. The fraction of sp³-hybridized carbons (Fsp3) is 0.500. The first kappa shape index (κ1) is 20.3. The van der Waals surface area contributed by atoms with Gasteiger partial charge in [0, 0.05) is 10.4 Å². The van der Waals surface area contributed by atoms with E-state index in [1.165, 1.54) is 41.9 Å². The maximum absolute atomic E-state index is 13.4. The predicted octanol–water partition coefficient (Wildman–Crippen LogP) is 3.56. The molecule has 4 rings (SSSR count). The summed E-state index contributed by atoms with van der Waals surface area (Å²) < 4.78 is 0. The summed E-state index contributed by atoms with van der Waals surface area (Å²) in [5.41, 5.74) is 3.61. The Labute approximate surface area is 177 Å². The van der Waals surface area contributed by atoms with Crippen molar-refractivity contribution in [3.63, 3.8) is 0 Å². The number of carbonyl (C=O) groups is 2. The molecule has 1 saturated carbocycles. The average molecular weight is 412 g/mol. The zero-order chi connectivity index (χ0) is 20.4. The van der Waals surface area contributed by atoms with Crippen LogP contribution in [0.4, 0.5) is 5.00 Å². The van der Waals surface area contributed by atoms with Gasteiger partial charge < -0.3 is 10.2 Å². The number of thiophene rings is 1. The number of aryl methyl sites for hydroxylation is 2. The van der Waals surface area contributed by atoms with Crippen LogP contribution in [0.25, 0.3) is 0 Å². The number of benzene rings is 1.